The monoisotopic (exact) mass is 357 g/mol. The summed E-state index contributed by atoms with van der Waals surface area (Å²) >= 11 is 0. The molecular formula is C19H23N3O4. The molecule has 2 aliphatic rings. The second-order valence-corrected chi connectivity index (χ2v) is 6.69. The molecule has 1 fully saturated rings. The van der Waals surface area contributed by atoms with Crippen molar-refractivity contribution in [2.75, 3.05) is 25.5 Å². The van der Waals surface area contributed by atoms with Crippen LogP contribution in [0, 0.1) is 5.92 Å². The Morgan fingerprint density at radius 2 is 2.19 bits per heavy atom. The topological polar surface area (TPSA) is 87.7 Å². The van der Waals surface area contributed by atoms with Crippen LogP contribution in [0.25, 0.3) is 0 Å². The second kappa shape index (κ2) is 6.82. The number of hydrogen-bond donors (Lipinski definition) is 2. The minimum Gasteiger partial charge on any atom is -0.449 e. The number of carbonyl (C=O) groups excluding carboxylic acids is 3. The van der Waals surface area contributed by atoms with E-state index in [1.165, 1.54) is 4.90 Å². The van der Waals surface area contributed by atoms with Crippen molar-refractivity contribution in [3.63, 3.8) is 0 Å². The van der Waals surface area contributed by atoms with Gasteiger partial charge in [0.05, 0.1) is 12.5 Å². The van der Waals surface area contributed by atoms with E-state index in [0.717, 1.165) is 5.56 Å². The highest BCUT2D eigenvalue weighted by Gasteiger charge is 2.62. The highest BCUT2D eigenvalue weighted by Crippen LogP contribution is 2.51. The number of ether oxygens (including phenoxy) is 1. The maximum absolute atomic E-state index is 13.0. The summed E-state index contributed by atoms with van der Waals surface area (Å²) in [5, 5.41) is 5.52. The Balaban J connectivity index is 2.03. The Hall–Kier alpha value is -2.83. The molecule has 2 aliphatic heterocycles. The first-order valence-electron chi connectivity index (χ1n) is 8.62. The van der Waals surface area contributed by atoms with Crippen LogP contribution in [0.5, 0.6) is 0 Å². The number of benzene rings is 1. The van der Waals surface area contributed by atoms with Gasteiger partial charge >= 0.3 is 6.09 Å². The van der Waals surface area contributed by atoms with Crippen molar-refractivity contribution in [3.8, 4) is 0 Å². The van der Waals surface area contributed by atoms with Crippen molar-refractivity contribution >= 4 is 23.6 Å². The largest absolute Gasteiger partial charge is 0.449 e. The Morgan fingerprint density at radius 3 is 2.88 bits per heavy atom. The summed E-state index contributed by atoms with van der Waals surface area (Å²) in [7, 11) is 1.56. The van der Waals surface area contributed by atoms with Crippen LogP contribution in [0.15, 0.2) is 36.9 Å². The molecule has 1 aromatic rings. The lowest BCUT2D eigenvalue weighted by Crippen LogP contribution is -2.58. The van der Waals surface area contributed by atoms with Gasteiger partial charge in [0.2, 0.25) is 5.91 Å². The lowest BCUT2D eigenvalue weighted by atomic mass is 9.72. The first-order valence-corrected chi connectivity index (χ1v) is 8.62. The Kier molecular flexibility index (Phi) is 4.71. The van der Waals surface area contributed by atoms with Gasteiger partial charge in [-0.15, -0.1) is 6.58 Å². The zero-order chi connectivity index (χ0) is 18.9. The molecule has 0 radical (unpaired) electrons. The quantitative estimate of drug-likeness (QED) is 0.636. The van der Waals surface area contributed by atoms with Gasteiger partial charge in [-0.25, -0.2) is 4.79 Å². The Labute approximate surface area is 152 Å². The number of nitrogens with zero attached hydrogens (tertiary/aromatic N) is 1. The molecule has 0 aromatic heterocycles. The number of nitrogens with one attached hydrogen (secondary N) is 2. The van der Waals surface area contributed by atoms with E-state index in [0.29, 0.717) is 12.1 Å². The lowest BCUT2D eigenvalue weighted by Gasteiger charge is -2.41. The predicted octanol–water partition coefficient (Wildman–Crippen LogP) is 1.87. The van der Waals surface area contributed by atoms with E-state index in [-0.39, 0.29) is 25.0 Å². The van der Waals surface area contributed by atoms with E-state index in [9.17, 15) is 14.4 Å². The molecule has 7 heteroatoms. The summed E-state index contributed by atoms with van der Waals surface area (Å²) in [5.74, 6) is -1.50. The maximum atomic E-state index is 13.0. The second-order valence-electron chi connectivity index (χ2n) is 6.69. The molecule has 0 unspecified atom stereocenters. The third-order valence-corrected chi connectivity index (χ3v) is 5.30. The highest BCUT2D eigenvalue weighted by atomic mass is 16.6. The van der Waals surface area contributed by atoms with Gasteiger partial charge in [-0.2, -0.15) is 0 Å². The van der Waals surface area contributed by atoms with Gasteiger partial charge in [-0.05, 0) is 25.0 Å². The number of anilines is 1. The molecule has 26 heavy (non-hydrogen) atoms. The van der Waals surface area contributed by atoms with Crippen molar-refractivity contribution in [3.05, 3.63) is 42.5 Å². The van der Waals surface area contributed by atoms with Crippen LogP contribution in [-0.4, -0.2) is 48.5 Å². The highest BCUT2D eigenvalue weighted by molar-refractivity contribution is 6.05. The Bertz CT molecular complexity index is 763. The van der Waals surface area contributed by atoms with Crippen molar-refractivity contribution in [1.29, 1.82) is 0 Å². The summed E-state index contributed by atoms with van der Waals surface area (Å²) in [6.45, 7) is 5.59. The fourth-order valence-electron chi connectivity index (χ4n) is 3.96. The molecule has 0 spiro atoms. The molecule has 138 valence electrons. The molecule has 0 bridgehead atoms. The van der Waals surface area contributed by atoms with Crippen molar-refractivity contribution in [2.24, 2.45) is 5.92 Å². The van der Waals surface area contributed by atoms with Gasteiger partial charge in [-0.1, -0.05) is 24.3 Å². The average Bonchev–Trinajstić information content (AvgIpc) is 2.96. The fraction of sp³-hybridized carbons (Fsp3) is 0.421. The minimum atomic E-state index is -1.20. The molecule has 3 amide bonds. The number of carbonyl (C=O) groups is 3. The van der Waals surface area contributed by atoms with Gasteiger partial charge in [0.15, 0.2) is 0 Å². The van der Waals surface area contributed by atoms with Gasteiger partial charge in [0.1, 0.15) is 5.54 Å². The van der Waals surface area contributed by atoms with Gasteiger partial charge < -0.3 is 15.4 Å². The third-order valence-electron chi connectivity index (χ3n) is 5.30. The van der Waals surface area contributed by atoms with Crippen LogP contribution in [0.3, 0.4) is 0 Å². The standard InChI is InChI=1S/C19H23N3O4/c1-4-5-10-26-18(25)22-11-13(16(23)20-3)15-12-8-6-7-9-14(12)21-17(24)19(15,22)2/h4,6-9,13,15H,1,5,10-11H2,2-3H3,(H,20,23)(H,21,24)/t13-,15+,19-/m0/s1. The molecule has 3 rings (SSSR count). The summed E-state index contributed by atoms with van der Waals surface area (Å²) in [6, 6.07) is 7.38. The molecule has 3 atom stereocenters. The summed E-state index contributed by atoms with van der Waals surface area (Å²) in [5.41, 5.74) is 0.330. The van der Waals surface area contributed by atoms with E-state index in [2.05, 4.69) is 17.2 Å². The van der Waals surface area contributed by atoms with Crippen molar-refractivity contribution in [2.45, 2.75) is 24.8 Å². The summed E-state index contributed by atoms with van der Waals surface area (Å²) in [6.07, 6.45) is 1.58. The first kappa shape index (κ1) is 18.0. The number of para-hydroxylation sites is 1. The molecule has 7 nitrogen and oxygen atoms in total. The molecule has 2 N–H and O–H groups in total. The zero-order valence-corrected chi connectivity index (χ0v) is 15.0. The number of amides is 3. The first-order chi connectivity index (χ1) is 12.4. The van der Waals surface area contributed by atoms with Crippen LogP contribution in [0.4, 0.5) is 10.5 Å². The minimum absolute atomic E-state index is 0.121. The third kappa shape index (κ3) is 2.64. The van der Waals surface area contributed by atoms with E-state index < -0.39 is 23.5 Å². The van der Waals surface area contributed by atoms with E-state index in [4.69, 9.17) is 4.74 Å². The fourth-order valence-corrected chi connectivity index (χ4v) is 3.96. The van der Waals surface area contributed by atoms with Crippen LogP contribution >= 0.6 is 0 Å². The SMILES string of the molecule is C=CCCOC(=O)N1C[C@H](C(=O)NC)[C@H]2c3ccccc3NC(=O)[C@]21C. The van der Waals surface area contributed by atoms with Gasteiger partial charge in [0.25, 0.3) is 5.91 Å². The van der Waals surface area contributed by atoms with Crippen molar-refractivity contribution < 1.29 is 19.1 Å². The summed E-state index contributed by atoms with van der Waals surface area (Å²) < 4.78 is 5.28. The van der Waals surface area contributed by atoms with Crippen LogP contribution in [0.2, 0.25) is 0 Å². The molecule has 1 saturated heterocycles. The van der Waals surface area contributed by atoms with E-state index >= 15 is 0 Å². The Morgan fingerprint density at radius 1 is 1.46 bits per heavy atom. The molecular weight excluding hydrogens is 334 g/mol. The van der Waals surface area contributed by atoms with Crippen LogP contribution in [-0.2, 0) is 14.3 Å². The summed E-state index contributed by atoms with van der Waals surface area (Å²) in [4.78, 5) is 39.5. The molecule has 0 saturated carbocycles. The predicted molar refractivity (Wildman–Crippen MR) is 96.6 cm³/mol. The van der Waals surface area contributed by atoms with E-state index in [1.54, 1.807) is 26.1 Å². The molecule has 1 aromatic carbocycles. The number of hydrogen-bond acceptors (Lipinski definition) is 4. The smallest absolute Gasteiger partial charge is 0.410 e. The van der Waals surface area contributed by atoms with Crippen LogP contribution in [0.1, 0.15) is 24.8 Å². The zero-order valence-electron chi connectivity index (χ0n) is 15.0. The lowest BCUT2D eigenvalue weighted by molar-refractivity contribution is -0.127. The van der Waals surface area contributed by atoms with Crippen LogP contribution < -0.4 is 10.6 Å². The van der Waals surface area contributed by atoms with Gasteiger partial charge in [-0.3, -0.25) is 14.5 Å². The maximum Gasteiger partial charge on any atom is 0.410 e. The number of fused-ring (bicyclic) bond motifs is 3. The van der Waals surface area contributed by atoms with E-state index in [1.807, 2.05) is 18.2 Å². The number of likely N-dealkylation sites (tertiary alicyclic amines) is 1. The van der Waals surface area contributed by atoms with Gasteiger partial charge in [0, 0.05) is 25.2 Å². The molecule has 0 aliphatic carbocycles. The molecule has 2 heterocycles. The average molecular weight is 357 g/mol. The van der Waals surface area contributed by atoms with Crippen molar-refractivity contribution in [1.82, 2.24) is 10.2 Å². The normalized spacial score (nSPS) is 26.4. The number of rotatable bonds is 4.